The highest BCUT2D eigenvalue weighted by Crippen LogP contribution is 2.24. The molecule has 5 rings (SSSR count). The topological polar surface area (TPSA) is 93.2 Å². The van der Waals surface area contributed by atoms with Crippen molar-refractivity contribution in [3.63, 3.8) is 0 Å². The van der Waals surface area contributed by atoms with Crippen molar-refractivity contribution >= 4 is 34.5 Å². The molecule has 3 aromatic heterocycles. The number of furan rings is 1. The number of aromatic nitrogens is 5. The highest BCUT2D eigenvalue weighted by Gasteiger charge is 2.26. The summed E-state index contributed by atoms with van der Waals surface area (Å²) in [5.41, 5.74) is 2.05. The monoisotopic (exact) mass is 409 g/mol. The van der Waals surface area contributed by atoms with Crippen molar-refractivity contribution in [2.24, 2.45) is 0 Å². The zero-order valence-corrected chi connectivity index (χ0v) is 16.0. The van der Waals surface area contributed by atoms with Gasteiger partial charge in [-0.3, -0.25) is 4.79 Å². The summed E-state index contributed by atoms with van der Waals surface area (Å²) in [5.74, 6) is 0.963. The molecule has 0 radical (unpaired) electrons. The molecule has 4 aromatic rings. The van der Waals surface area contributed by atoms with Crippen molar-refractivity contribution < 1.29 is 9.21 Å². The van der Waals surface area contributed by atoms with Crippen LogP contribution in [0.2, 0.25) is 5.02 Å². The van der Waals surface area contributed by atoms with Crippen LogP contribution in [0.25, 0.3) is 16.9 Å². The lowest BCUT2D eigenvalue weighted by Crippen LogP contribution is -2.49. The molecule has 1 fully saturated rings. The molecule has 10 heteroatoms. The van der Waals surface area contributed by atoms with Gasteiger partial charge in [-0.25, -0.2) is 9.97 Å². The fourth-order valence-corrected chi connectivity index (χ4v) is 3.53. The second kappa shape index (κ2) is 7.17. The van der Waals surface area contributed by atoms with Gasteiger partial charge in [0.25, 0.3) is 5.91 Å². The Morgan fingerprint density at radius 3 is 2.55 bits per heavy atom. The minimum Gasteiger partial charge on any atom is -0.459 e. The maximum absolute atomic E-state index is 12.5. The van der Waals surface area contributed by atoms with Gasteiger partial charge in [0.15, 0.2) is 22.7 Å². The summed E-state index contributed by atoms with van der Waals surface area (Å²) >= 11 is 5.97. The van der Waals surface area contributed by atoms with Crippen LogP contribution in [0, 0.1) is 0 Å². The number of hydrogen-bond donors (Lipinski definition) is 0. The molecule has 0 bridgehead atoms. The summed E-state index contributed by atoms with van der Waals surface area (Å²) in [5, 5.41) is 9.20. The standard InChI is InChI=1S/C19H16ClN7O2/c20-13-3-5-14(6-4-13)27-18-16(23-24-27)17(21-12-22-18)25-7-9-26(10-8-25)19(28)15-2-1-11-29-15/h1-6,11-12H,7-10H2. The predicted molar refractivity (Wildman–Crippen MR) is 106 cm³/mol. The number of carbonyl (C=O) groups excluding carboxylic acids is 1. The highest BCUT2D eigenvalue weighted by molar-refractivity contribution is 6.30. The van der Waals surface area contributed by atoms with E-state index in [4.69, 9.17) is 16.0 Å². The number of fused-ring (bicyclic) bond motifs is 1. The maximum Gasteiger partial charge on any atom is 0.289 e. The molecule has 1 saturated heterocycles. The van der Waals surface area contributed by atoms with E-state index in [1.807, 2.05) is 12.1 Å². The first-order chi connectivity index (χ1) is 14.2. The molecular weight excluding hydrogens is 394 g/mol. The van der Waals surface area contributed by atoms with Gasteiger partial charge in [0, 0.05) is 31.2 Å². The number of halogens is 1. The third kappa shape index (κ3) is 3.19. The Kier molecular flexibility index (Phi) is 4.36. The van der Waals surface area contributed by atoms with Gasteiger partial charge in [-0.2, -0.15) is 4.68 Å². The van der Waals surface area contributed by atoms with Gasteiger partial charge in [0.2, 0.25) is 0 Å². The lowest BCUT2D eigenvalue weighted by Gasteiger charge is -2.34. The van der Waals surface area contributed by atoms with Crippen LogP contribution in [0.1, 0.15) is 10.6 Å². The fourth-order valence-electron chi connectivity index (χ4n) is 3.40. The molecule has 1 amide bonds. The second-order valence-electron chi connectivity index (χ2n) is 6.60. The number of nitrogens with zero attached hydrogens (tertiary/aromatic N) is 7. The molecule has 29 heavy (non-hydrogen) atoms. The van der Waals surface area contributed by atoms with E-state index in [1.54, 1.807) is 33.8 Å². The zero-order chi connectivity index (χ0) is 19.8. The number of amides is 1. The van der Waals surface area contributed by atoms with Crippen LogP contribution in [-0.4, -0.2) is 61.9 Å². The Labute approximate surface area is 170 Å². The van der Waals surface area contributed by atoms with Gasteiger partial charge in [-0.15, -0.1) is 5.10 Å². The SMILES string of the molecule is O=C(c1ccco1)N1CCN(c2ncnc3c2nnn3-c2ccc(Cl)cc2)CC1. The molecule has 4 heterocycles. The molecule has 0 spiro atoms. The highest BCUT2D eigenvalue weighted by atomic mass is 35.5. The number of rotatable bonds is 3. The molecule has 1 aromatic carbocycles. The van der Waals surface area contributed by atoms with Crippen molar-refractivity contribution in [1.82, 2.24) is 29.9 Å². The number of anilines is 1. The number of piperazine rings is 1. The van der Waals surface area contributed by atoms with Crippen molar-refractivity contribution in [2.75, 3.05) is 31.1 Å². The zero-order valence-electron chi connectivity index (χ0n) is 15.3. The van der Waals surface area contributed by atoms with E-state index < -0.39 is 0 Å². The smallest absolute Gasteiger partial charge is 0.289 e. The van der Waals surface area contributed by atoms with Gasteiger partial charge in [-0.05, 0) is 36.4 Å². The van der Waals surface area contributed by atoms with Gasteiger partial charge in [0.05, 0.1) is 12.0 Å². The first-order valence-corrected chi connectivity index (χ1v) is 9.48. The van der Waals surface area contributed by atoms with Crippen LogP contribution in [0.15, 0.2) is 53.4 Å². The minimum absolute atomic E-state index is 0.101. The van der Waals surface area contributed by atoms with Gasteiger partial charge >= 0.3 is 0 Å². The summed E-state index contributed by atoms with van der Waals surface area (Å²) in [6, 6.07) is 10.7. The average Bonchev–Trinajstić information content (AvgIpc) is 3.44. The first-order valence-electron chi connectivity index (χ1n) is 9.11. The molecule has 0 N–H and O–H groups in total. The Balaban J connectivity index is 1.39. The quantitative estimate of drug-likeness (QED) is 0.513. The van der Waals surface area contributed by atoms with E-state index in [9.17, 15) is 4.79 Å². The van der Waals surface area contributed by atoms with Crippen LogP contribution in [0.3, 0.4) is 0 Å². The Bertz CT molecular complexity index is 1150. The molecular formula is C19H16ClN7O2. The summed E-state index contributed by atoms with van der Waals surface area (Å²) in [6.45, 7) is 2.39. The van der Waals surface area contributed by atoms with Crippen LogP contribution < -0.4 is 4.90 Å². The summed E-state index contributed by atoms with van der Waals surface area (Å²) in [4.78, 5) is 25.1. The lowest BCUT2D eigenvalue weighted by atomic mass is 10.2. The molecule has 0 unspecified atom stereocenters. The molecule has 1 aliphatic heterocycles. The van der Waals surface area contributed by atoms with Crippen molar-refractivity contribution in [1.29, 1.82) is 0 Å². The van der Waals surface area contributed by atoms with Crippen LogP contribution in [0.5, 0.6) is 0 Å². The van der Waals surface area contributed by atoms with E-state index >= 15 is 0 Å². The van der Waals surface area contributed by atoms with Crippen LogP contribution in [0.4, 0.5) is 5.82 Å². The minimum atomic E-state index is -0.101. The number of benzene rings is 1. The third-order valence-electron chi connectivity index (χ3n) is 4.89. The fraction of sp³-hybridized carbons (Fsp3) is 0.211. The number of hydrogen-bond acceptors (Lipinski definition) is 7. The van der Waals surface area contributed by atoms with Crippen LogP contribution in [-0.2, 0) is 0 Å². The lowest BCUT2D eigenvalue weighted by molar-refractivity contribution is 0.0714. The van der Waals surface area contributed by atoms with E-state index in [0.717, 1.165) is 5.69 Å². The Morgan fingerprint density at radius 1 is 1.03 bits per heavy atom. The summed E-state index contributed by atoms with van der Waals surface area (Å²) < 4.78 is 6.88. The largest absolute Gasteiger partial charge is 0.459 e. The number of carbonyl (C=O) groups is 1. The van der Waals surface area contributed by atoms with E-state index in [1.165, 1.54) is 12.6 Å². The molecule has 9 nitrogen and oxygen atoms in total. The third-order valence-corrected chi connectivity index (χ3v) is 5.14. The maximum atomic E-state index is 12.5. The van der Waals surface area contributed by atoms with E-state index in [-0.39, 0.29) is 5.91 Å². The van der Waals surface area contributed by atoms with Crippen LogP contribution >= 0.6 is 11.6 Å². The van der Waals surface area contributed by atoms with Crippen molar-refractivity contribution in [2.45, 2.75) is 0 Å². The normalized spacial score (nSPS) is 14.5. The Morgan fingerprint density at radius 2 is 1.83 bits per heavy atom. The summed E-state index contributed by atoms with van der Waals surface area (Å²) in [6.07, 6.45) is 3.01. The Hall–Kier alpha value is -3.46. The molecule has 0 atom stereocenters. The van der Waals surface area contributed by atoms with Gasteiger partial charge in [-0.1, -0.05) is 16.8 Å². The van der Waals surface area contributed by atoms with Gasteiger partial charge < -0.3 is 14.2 Å². The molecule has 1 aliphatic rings. The van der Waals surface area contributed by atoms with E-state index in [0.29, 0.717) is 53.9 Å². The molecule has 0 aliphatic carbocycles. The van der Waals surface area contributed by atoms with Crippen molar-refractivity contribution in [3.05, 3.63) is 59.8 Å². The average molecular weight is 410 g/mol. The summed E-state index contributed by atoms with van der Waals surface area (Å²) in [7, 11) is 0. The first kappa shape index (κ1) is 17.6. The predicted octanol–water partition coefficient (Wildman–Crippen LogP) is 2.42. The van der Waals surface area contributed by atoms with Crippen molar-refractivity contribution in [3.8, 4) is 5.69 Å². The van der Waals surface area contributed by atoms with Gasteiger partial charge in [0.1, 0.15) is 6.33 Å². The molecule has 146 valence electrons. The second-order valence-corrected chi connectivity index (χ2v) is 7.04. The van der Waals surface area contributed by atoms with E-state index in [2.05, 4.69) is 25.2 Å². The molecule has 0 saturated carbocycles.